The molecular formula is C36H34N8O20S6. The van der Waals surface area contributed by atoms with Gasteiger partial charge in [-0.1, -0.05) is 12.1 Å². The van der Waals surface area contributed by atoms with E-state index in [9.17, 15) is 69.2 Å². The Morgan fingerprint density at radius 3 is 1.14 bits per heavy atom. The maximum atomic E-state index is 13.3. The quantitative estimate of drug-likeness (QED) is 0.0774. The summed E-state index contributed by atoms with van der Waals surface area (Å²) in [7, 11) is -28.4. The van der Waals surface area contributed by atoms with Gasteiger partial charge in [-0.3, -0.25) is 27.8 Å². The second-order valence-corrected chi connectivity index (χ2v) is 23.6. The van der Waals surface area contributed by atoms with E-state index in [-0.39, 0.29) is 44.0 Å². The zero-order valence-corrected chi connectivity index (χ0v) is 40.3. The molecule has 0 saturated heterocycles. The summed E-state index contributed by atoms with van der Waals surface area (Å²) < 4.78 is 190. The van der Waals surface area contributed by atoms with Crippen molar-refractivity contribution in [1.82, 2.24) is 0 Å². The first-order valence-electron chi connectivity index (χ1n) is 19.1. The molecule has 2 aliphatic heterocycles. The Bertz CT molecular complexity index is 3370. The van der Waals surface area contributed by atoms with Crippen LogP contribution in [0.5, 0.6) is 0 Å². The van der Waals surface area contributed by atoms with E-state index in [1.807, 2.05) is 0 Å². The number of carbonyl (C=O) groups is 2. The van der Waals surface area contributed by atoms with Gasteiger partial charge in [0, 0.05) is 11.1 Å². The fourth-order valence-corrected chi connectivity index (χ4v) is 10.8. The lowest BCUT2D eigenvalue weighted by Crippen LogP contribution is -2.29. The van der Waals surface area contributed by atoms with Gasteiger partial charge in [-0.15, -0.1) is 0 Å². The number of azo groups is 2. The monoisotopic (exact) mass is 1090 g/mol. The van der Waals surface area contributed by atoms with Crippen LogP contribution in [0.4, 0.5) is 22.7 Å². The lowest BCUT2D eigenvalue weighted by molar-refractivity contribution is -0.118. The number of hydrogen-bond acceptors (Lipinski definition) is 22. The Kier molecular flexibility index (Phi) is 15.1. The van der Waals surface area contributed by atoms with E-state index in [4.69, 9.17) is 9.11 Å². The minimum atomic E-state index is -5.21. The molecule has 2 aliphatic rings. The van der Waals surface area contributed by atoms with Crippen molar-refractivity contribution in [1.29, 1.82) is 0 Å². The molecule has 4 N–H and O–H groups in total. The zero-order valence-electron chi connectivity index (χ0n) is 35.4. The van der Waals surface area contributed by atoms with E-state index >= 15 is 0 Å². The second-order valence-electron chi connectivity index (χ2n) is 14.5. The van der Waals surface area contributed by atoms with Gasteiger partial charge in [0.2, 0.25) is 0 Å². The van der Waals surface area contributed by atoms with E-state index in [0.29, 0.717) is 0 Å². The minimum Gasteiger partial charge on any atom is -0.282 e. The van der Waals surface area contributed by atoms with Gasteiger partial charge in [0.15, 0.2) is 31.8 Å². The minimum absolute atomic E-state index is 0.0734. The Labute approximate surface area is 398 Å². The molecule has 0 spiro atoms. The number of rotatable bonds is 19. The van der Waals surface area contributed by atoms with Crippen molar-refractivity contribution in [3.8, 4) is 11.1 Å². The molecular weight excluding hydrogens is 1060 g/mol. The molecule has 0 aliphatic carbocycles. The van der Waals surface area contributed by atoms with Crippen LogP contribution in [0.15, 0.2) is 135 Å². The number of sulfone groups is 2. The van der Waals surface area contributed by atoms with Crippen LogP contribution in [0.3, 0.4) is 0 Å². The molecule has 2 unspecified atom stereocenters. The summed E-state index contributed by atoms with van der Waals surface area (Å²) in [5.74, 6) is -3.20. The van der Waals surface area contributed by atoms with Crippen molar-refractivity contribution >= 4 is 107 Å². The highest BCUT2D eigenvalue weighted by Gasteiger charge is 2.37. The number of hydrogen-bond donors (Lipinski definition) is 4. The molecule has 70 heavy (non-hydrogen) atoms. The number of anilines is 2. The van der Waals surface area contributed by atoms with E-state index in [1.54, 1.807) is 0 Å². The van der Waals surface area contributed by atoms with Crippen LogP contribution in [-0.2, 0) is 78.7 Å². The molecule has 0 saturated carbocycles. The molecule has 2 amide bonds. The number of benzene rings is 4. The lowest BCUT2D eigenvalue weighted by Gasteiger charge is -2.14. The molecule has 34 heteroatoms. The van der Waals surface area contributed by atoms with Gasteiger partial charge < -0.3 is 0 Å². The predicted octanol–water partition coefficient (Wildman–Crippen LogP) is 2.78. The van der Waals surface area contributed by atoms with Crippen molar-refractivity contribution in [2.24, 2.45) is 30.7 Å². The standard InChI is InChI=1S/C36H34N8O20S6/c1-21-33(35(45)43(41-21)25-5-9-27(10-6-25)65(47,48)17-15-63-69(57,58)59)39-37-23-3-13-29(31(19-23)67(51,52)53)30-14-4-24(20-32(30)68(54,55)56)38-40-34-22(2)42-44(36(34)46)26-7-11-28(12-8-26)66(49,50)18-16-64-70(60,61)62/h3-14,19-20,33-34H,15-18H2,1-2H3,(H,51,52,53)(H,54,55,56)(H,57,58,59)(H,60,61,62). The van der Waals surface area contributed by atoms with Crippen LogP contribution in [0.2, 0.25) is 0 Å². The third-order valence-electron chi connectivity index (χ3n) is 9.60. The number of carbonyl (C=O) groups excluding carboxylic acids is 2. The second kappa shape index (κ2) is 19.9. The average molecular weight is 1090 g/mol. The van der Waals surface area contributed by atoms with Crippen molar-refractivity contribution in [3.05, 3.63) is 84.9 Å². The summed E-state index contributed by atoms with van der Waals surface area (Å²) >= 11 is 0. The normalized spacial score (nSPS) is 17.5. The van der Waals surface area contributed by atoms with Gasteiger partial charge in [-0.05, 0) is 86.6 Å². The first-order chi connectivity index (χ1) is 32.3. The molecule has 0 fully saturated rings. The highest BCUT2D eigenvalue weighted by Crippen LogP contribution is 2.37. The molecule has 0 aromatic heterocycles. The Hall–Kier alpha value is -6.18. The zero-order chi connectivity index (χ0) is 51.8. The highest BCUT2D eigenvalue weighted by atomic mass is 32.3. The van der Waals surface area contributed by atoms with E-state index < -0.39 is 130 Å². The van der Waals surface area contributed by atoms with E-state index in [1.165, 1.54) is 38.1 Å². The fourth-order valence-electron chi connectivity index (χ4n) is 6.34. The lowest BCUT2D eigenvalue weighted by atomic mass is 10.0. The molecule has 0 bridgehead atoms. The molecule has 4 aromatic carbocycles. The first-order valence-corrected chi connectivity index (χ1v) is 28.0. The van der Waals surface area contributed by atoms with Gasteiger partial charge in [-0.25, -0.2) is 25.2 Å². The fraction of sp³-hybridized carbons (Fsp3) is 0.222. The molecule has 28 nitrogen and oxygen atoms in total. The van der Waals surface area contributed by atoms with Crippen LogP contribution in [0.1, 0.15) is 13.8 Å². The van der Waals surface area contributed by atoms with Crippen LogP contribution < -0.4 is 10.0 Å². The average Bonchev–Trinajstić information content (AvgIpc) is 3.71. The van der Waals surface area contributed by atoms with Crippen molar-refractivity contribution in [2.75, 3.05) is 34.7 Å². The SMILES string of the molecule is CC1=NN(c2ccc(S(=O)(=O)CCOS(=O)(=O)O)cc2)C(=O)C1N=Nc1ccc(-c2ccc(N=NC3C(=O)N(c4ccc(S(=O)(=O)CCOS(=O)(=O)O)cc4)N=C3C)cc2S(=O)(=O)O)c(S(=O)(=O)O)c1. The van der Waals surface area contributed by atoms with Gasteiger partial charge in [0.1, 0.15) is 9.79 Å². The predicted molar refractivity (Wildman–Crippen MR) is 241 cm³/mol. The summed E-state index contributed by atoms with van der Waals surface area (Å²) in [5, 5.41) is 25.7. The summed E-state index contributed by atoms with van der Waals surface area (Å²) in [6.07, 6.45) is 0. The molecule has 374 valence electrons. The maximum Gasteiger partial charge on any atom is 0.397 e. The van der Waals surface area contributed by atoms with Gasteiger partial charge >= 0.3 is 20.8 Å². The Morgan fingerprint density at radius 2 is 0.843 bits per heavy atom. The maximum absolute atomic E-state index is 13.3. The molecule has 2 atom stereocenters. The largest absolute Gasteiger partial charge is 0.397 e. The number of amides is 2. The third kappa shape index (κ3) is 12.8. The Balaban J connectivity index is 1.18. The van der Waals surface area contributed by atoms with Crippen molar-refractivity contribution < 1.29 is 86.7 Å². The van der Waals surface area contributed by atoms with Crippen molar-refractivity contribution in [3.63, 3.8) is 0 Å². The van der Waals surface area contributed by atoms with Gasteiger partial charge in [0.25, 0.3) is 32.1 Å². The van der Waals surface area contributed by atoms with E-state index in [0.717, 1.165) is 70.7 Å². The summed E-state index contributed by atoms with van der Waals surface area (Å²) in [5.41, 5.74) is -1.18. The van der Waals surface area contributed by atoms with Gasteiger partial charge in [0.05, 0.1) is 68.7 Å². The molecule has 0 radical (unpaired) electrons. The topological polar surface area (TPSA) is 419 Å². The molecule has 6 rings (SSSR count). The van der Waals surface area contributed by atoms with Gasteiger partial charge in [-0.2, -0.15) is 74.3 Å². The number of nitrogens with zero attached hydrogens (tertiary/aromatic N) is 8. The molecule has 4 aromatic rings. The van der Waals surface area contributed by atoms with E-state index in [2.05, 4.69) is 39.0 Å². The van der Waals surface area contributed by atoms with Crippen LogP contribution in [0, 0.1) is 0 Å². The van der Waals surface area contributed by atoms with Crippen LogP contribution in [0.25, 0.3) is 11.1 Å². The third-order valence-corrected chi connectivity index (χ3v) is 15.7. The first kappa shape index (κ1) is 53.2. The van der Waals surface area contributed by atoms with Crippen molar-refractivity contribution in [2.45, 2.75) is 45.5 Å². The summed E-state index contributed by atoms with van der Waals surface area (Å²) in [4.78, 5) is 24.3. The summed E-state index contributed by atoms with van der Waals surface area (Å²) in [6.45, 7) is 1.06. The summed E-state index contributed by atoms with van der Waals surface area (Å²) in [6, 6.07) is 12.3. The van der Waals surface area contributed by atoms with Crippen LogP contribution >= 0.6 is 0 Å². The number of hydrazone groups is 2. The highest BCUT2D eigenvalue weighted by molar-refractivity contribution is 7.91. The Morgan fingerprint density at radius 1 is 0.514 bits per heavy atom. The smallest absolute Gasteiger partial charge is 0.282 e. The molecule has 2 heterocycles. The van der Waals surface area contributed by atoms with Crippen LogP contribution in [-0.4, -0.2) is 129 Å².